The lowest BCUT2D eigenvalue weighted by atomic mass is 10.0. The van der Waals surface area contributed by atoms with E-state index in [-0.39, 0.29) is 12.5 Å². The van der Waals surface area contributed by atoms with E-state index in [1.54, 1.807) is 6.07 Å². The molecule has 144 valence electrons. The van der Waals surface area contributed by atoms with E-state index in [1.807, 2.05) is 26.8 Å². The first kappa shape index (κ1) is 20.7. The van der Waals surface area contributed by atoms with Crippen molar-refractivity contribution in [3.05, 3.63) is 58.4 Å². The van der Waals surface area contributed by atoms with E-state index in [1.165, 1.54) is 24.3 Å². The number of anilines is 1. The molecule has 1 amide bonds. The first-order valence-corrected chi connectivity index (χ1v) is 8.78. The molecule has 0 radical (unpaired) electrons. The average molecular weight is 394 g/mol. The van der Waals surface area contributed by atoms with E-state index in [0.29, 0.717) is 16.5 Å². The third-order valence-corrected chi connectivity index (χ3v) is 4.16. The van der Waals surface area contributed by atoms with Crippen LogP contribution in [-0.4, -0.2) is 25.1 Å². The largest absolute Gasteiger partial charge is 0.482 e. The van der Waals surface area contributed by atoms with Gasteiger partial charge in [-0.3, -0.25) is 4.79 Å². The quantitative estimate of drug-likeness (QED) is 0.705. The van der Waals surface area contributed by atoms with Gasteiger partial charge in [-0.2, -0.15) is 0 Å². The molecule has 0 aromatic heterocycles. The van der Waals surface area contributed by atoms with Crippen LogP contribution in [0.3, 0.4) is 0 Å². The minimum atomic E-state index is -0.674. The maximum Gasteiger partial charge on any atom is 0.344 e. The van der Waals surface area contributed by atoms with E-state index in [4.69, 9.17) is 21.1 Å². The van der Waals surface area contributed by atoms with Crippen molar-refractivity contribution >= 4 is 29.2 Å². The van der Waals surface area contributed by atoms with Gasteiger partial charge in [-0.1, -0.05) is 25.4 Å². The Kier molecular flexibility index (Phi) is 7.19. The molecule has 1 N–H and O–H groups in total. The molecule has 2 aromatic carbocycles. The number of rotatable bonds is 7. The van der Waals surface area contributed by atoms with E-state index in [0.717, 1.165) is 11.1 Å². The Morgan fingerprint density at radius 2 is 1.81 bits per heavy atom. The second-order valence-corrected chi connectivity index (χ2v) is 6.71. The molecule has 0 saturated carbocycles. The molecule has 0 aliphatic carbocycles. The topological polar surface area (TPSA) is 64.6 Å². The Labute approximate surface area is 162 Å². The van der Waals surface area contributed by atoms with E-state index < -0.39 is 24.3 Å². The number of halogens is 2. The van der Waals surface area contributed by atoms with Gasteiger partial charge in [0.25, 0.3) is 5.91 Å². The third-order valence-electron chi connectivity index (χ3n) is 3.75. The Balaban J connectivity index is 1.85. The van der Waals surface area contributed by atoms with Crippen LogP contribution < -0.4 is 10.1 Å². The highest BCUT2D eigenvalue weighted by Gasteiger charge is 2.14. The molecule has 0 saturated heterocycles. The van der Waals surface area contributed by atoms with Crippen molar-refractivity contribution in [2.24, 2.45) is 0 Å². The molecule has 0 aliphatic rings. The van der Waals surface area contributed by atoms with Gasteiger partial charge in [-0.15, -0.1) is 0 Å². The standard InChI is InChI=1S/C20H21ClFNO4/c1-12(2)16-9-17(21)13(3)8-18(16)26-11-20(25)27-10-19(24)23-15-6-4-14(22)5-7-15/h4-9,12H,10-11H2,1-3H3,(H,23,24). The molecule has 0 bridgehead atoms. The predicted molar refractivity (Wildman–Crippen MR) is 102 cm³/mol. The summed E-state index contributed by atoms with van der Waals surface area (Å²) in [5, 5.41) is 3.13. The molecule has 7 heteroatoms. The van der Waals surface area contributed by atoms with Crippen LogP contribution in [0.15, 0.2) is 36.4 Å². The van der Waals surface area contributed by atoms with Gasteiger partial charge in [0.05, 0.1) is 0 Å². The molecular formula is C20H21ClFNO4. The number of nitrogens with one attached hydrogen (secondary N) is 1. The number of esters is 1. The minimum Gasteiger partial charge on any atom is -0.482 e. The summed E-state index contributed by atoms with van der Waals surface area (Å²) in [5.41, 5.74) is 2.13. The number of hydrogen-bond donors (Lipinski definition) is 1. The van der Waals surface area contributed by atoms with Crippen molar-refractivity contribution in [1.82, 2.24) is 0 Å². The molecule has 27 heavy (non-hydrogen) atoms. The number of aryl methyl sites for hydroxylation is 1. The van der Waals surface area contributed by atoms with Gasteiger partial charge in [-0.25, -0.2) is 9.18 Å². The zero-order valence-electron chi connectivity index (χ0n) is 15.3. The lowest BCUT2D eigenvalue weighted by Gasteiger charge is -2.15. The molecule has 0 unspecified atom stereocenters. The highest BCUT2D eigenvalue weighted by atomic mass is 35.5. The van der Waals surface area contributed by atoms with Crippen molar-refractivity contribution in [3.63, 3.8) is 0 Å². The number of carbonyl (C=O) groups is 2. The zero-order chi connectivity index (χ0) is 20.0. The number of benzene rings is 2. The Bertz CT molecular complexity index is 821. The van der Waals surface area contributed by atoms with E-state index in [2.05, 4.69) is 5.32 Å². The summed E-state index contributed by atoms with van der Waals surface area (Å²) in [6, 6.07) is 8.85. The average Bonchev–Trinajstić information content (AvgIpc) is 2.62. The monoisotopic (exact) mass is 393 g/mol. The molecule has 0 atom stereocenters. The Hall–Kier alpha value is -2.60. The molecule has 5 nitrogen and oxygen atoms in total. The van der Waals surface area contributed by atoms with Crippen LogP contribution >= 0.6 is 11.6 Å². The fraction of sp³-hybridized carbons (Fsp3) is 0.300. The van der Waals surface area contributed by atoms with Gasteiger partial charge < -0.3 is 14.8 Å². The van der Waals surface area contributed by atoms with Crippen LogP contribution in [0.2, 0.25) is 5.02 Å². The summed E-state index contributed by atoms with van der Waals surface area (Å²) in [7, 11) is 0. The number of amides is 1. The fourth-order valence-electron chi connectivity index (χ4n) is 2.30. The molecule has 0 aliphatic heterocycles. The van der Waals surface area contributed by atoms with Crippen molar-refractivity contribution in [1.29, 1.82) is 0 Å². The van der Waals surface area contributed by atoms with Crippen molar-refractivity contribution in [2.45, 2.75) is 26.7 Å². The molecule has 0 spiro atoms. The molecular weight excluding hydrogens is 373 g/mol. The fourth-order valence-corrected chi connectivity index (χ4v) is 2.47. The summed E-state index contributed by atoms with van der Waals surface area (Å²) in [6.45, 7) is 5.04. The number of carbonyl (C=O) groups excluding carboxylic acids is 2. The molecule has 2 rings (SSSR count). The lowest BCUT2D eigenvalue weighted by molar-refractivity contribution is -0.149. The Morgan fingerprint density at radius 3 is 2.44 bits per heavy atom. The highest BCUT2D eigenvalue weighted by Crippen LogP contribution is 2.31. The van der Waals surface area contributed by atoms with Gasteiger partial charge in [0, 0.05) is 10.7 Å². The van der Waals surface area contributed by atoms with Crippen molar-refractivity contribution in [2.75, 3.05) is 18.5 Å². The van der Waals surface area contributed by atoms with E-state index >= 15 is 0 Å². The van der Waals surface area contributed by atoms with Gasteiger partial charge in [0.15, 0.2) is 13.2 Å². The molecule has 2 aromatic rings. The summed E-state index contributed by atoms with van der Waals surface area (Å²) in [4.78, 5) is 23.6. The third kappa shape index (κ3) is 6.25. The highest BCUT2D eigenvalue weighted by molar-refractivity contribution is 6.31. The second kappa shape index (κ2) is 9.37. The zero-order valence-corrected chi connectivity index (χ0v) is 16.1. The summed E-state index contributed by atoms with van der Waals surface area (Å²) in [5.74, 6) is -0.892. The summed E-state index contributed by atoms with van der Waals surface area (Å²) >= 11 is 6.14. The molecule has 0 heterocycles. The predicted octanol–water partition coefficient (Wildman–Crippen LogP) is 4.47. The lowest BCUT2D eigenvalue weighted by Crippen LogP contribution is -2.23. The van der Waals surface area contributed by atoms with Crippen LogP contribution in [0, 0.1) is 12.7 Å². The maximum absolute atomic E-state index is 12.8. The number of ether oxygens (including phenoxy) is 2. The van der Waals surface area contributed by atoms with Crippen LogP contribution in [0.1, 0.15) is 30.9 Å². The second-order valence-electron chi connectivity index (χ2n) is 6.30. The summed E-state index contributed by atoms with van der Waals surface area (Å²) in [6.07, 6.45) is 0. The summed E-state index contributed by atoms with van der Waals surface area (Å²) < 4.78 is 23.3. The van der Waals surface area contributed by atoms with Crippen LogP contribution in [0.5, 0.6) is 5.75 Å². The molecule has 0 fully saturated rings. The van der Waals surface area contributed by atoms with Gasteiger partial charge >= 0.3 is 5.97 Å². The number of hydrogen-bond acceptors (Lipinski definition) is 4. The van der Waals surface area contributed by atoms with E-state index in [9.17, 15) is 14.0 Å². The normalized spacial score (nSPS) is 10.6. The van der Waals surface area contributed by atoms with Crippen molar-refractivity contribution < 1.29 is 23.5 Å². The van der Waals surface area contributed by atoms with Crippen LogP contribution in [0.25, 0.3) is 0 Å². The van der Waals surface area contributed by atoms with Gasteiger partial charge in [0.2, 0.25) is 0 Å². The van der Waals surface area contributed by atoms with Gasteiger partial charge in [0.1, 0.15) is 11.6 Å². The van der Waals surface area contributed by atoms with Crippen LogP contribution in [-0.2, 0) is 14.3 Å². The SMILES string of the molecule is Cc1cc(OCC(=O)OCC(=O)Nc2ccc(F)cc2)c(C(C)C)cc1Cl. The first-order chi connectivity index (χ1) is 12.8. The first-order valence-electron chi connectivity index (χ1n) is 8.40. The van der Waals surface area contributed by atoms with Gasteiger partial charge in [-0.05, 0) is 60.4 Å². The smallest absolute Gasteiger partial charge is 0.344 e. The van der Waals surface area contributed by atoms with Crippen molar-refractivity contribution in [3.8, 4) is 5.75 Å². The van der Waals surface area contributed by atoms with Crippen LogP contribution in [0.4, 0.5) is 10.1 Å². The Morgan fingerprint density at radius 1 is 1.15 bits per heavy atom. The maximum atomic E-state index is 12.8. The minimum absolute atomic E-state index is 0.163.